The van der Waals surface area contributed by atoms with Crippen LogP contribution in [-0.4, -0.2) is 25.8 Å². The lowest BCUT2D eigenvalue weighted by Gasteiger charge is -2.13. The maximum Gasteiger partial charge on any atom is 0.227 e. The Hall–Kier alpha value is -2.48. The second kappa shape index (κ2) is 7.39. The van der Waals surface area contributed by atoms with Crippen molar-refractivity contribution in [1.29, 1.82) is 0 Å². The predicted molar refractivity (Wildman–Crippen MR) is 91.8 cm³/mol. The third-order valence-electron chi connectivity index (χ3n) is 3.76. The zero-order valence-electron chi connectivity index (χ0n) is 13.6. The minimum Gasteiger partial charge on any atom is -0.339 e. The fourth-order valence-electron chi connectivity index (χ4n) is 2.23. The van der Waals surface area contributed by atoms with E-state index >= 15 is 0 Å². The highest BCUT2D eigenvalue weighted by Crippen LogP contribution is 2.19. The Balaban J connectivity index is 1.56. The molecule has 3 aromatic heterocycles. The monoisotopic (exact) mass is 345 g/mol. The summed E-state index contributed by atoms with van der Waals surface area (Å²) >= 11 is 1.58. The third-order valence-corrected chi connectivity index (χ3v) is 4.44. The molecule has 0 spiro atoms. The number of aryl methyl sites for hydroxylation is 1. The minimum atomic E-state index is -0.102. The van der Waals surface area contributed by atoms with Gasteiger partial charge in [0.25, 0.3) is 0 Å². The van der Waals surface area contributed by atoms with Crippen molar-refractivity contribution in [1.82, 2.24) is 19.9 Å². The van der Waals surface area contributed by atoms with Crippen LogP contribution in [0.4, 0.5) is 5.82 Å². The van der Waals surface area contributed by atoms with Gasteiger partial charge in [0.2, 0.25) is 17.6 Å². The lowest BCUT2D eigenvalue weighted by Crippen LogP contribution is -2.17. The highest BCUT2D eigenvalue weighted by atomic mass is 32.1. The molecule has 24 heavy (non-hydrogen) atoms. The molecular formula is C16H19N5O2S. The van der Waals surface area contributed by atoms with E-state index < -0.39 is 0 Å². The van der Waals surface area contributed by atoms with Crippen LogP contribution in [0.2, 0.25) is 0 Å². The molecule has 3 aromatic rings. The van der Waals surface area contributed by atoms with Gasteiger partial charge in [0.15, 0.2) is 0 Å². The smallest absolute Gasteiger partial charge is 0.227 e. The molecule has 0 saturated heterocycles. The van der Waals surface area contributed by atoms with E-state index in [-0.39, 0.29) is 18.4 Å². The zero-order chi connectivity index (χ0) is 16.9. The summed E-state index contributed by atoms with van der Waals surface area (Å²) in [6, 6.07) is 3.97. The fourth-order valence-corrected chi connectivity index (χ4v) is 2.86. The average Bonchev–Trinajstić information content (AvgIpc) is 3.32. The van der Waals surface area contributed by atoms with Crippen molar-refractivity contribution in [3.63, 3.8) is 0 Å². The molecule has 3 rings (SSSR count). The first-order valence-corrected chi connectivity index (χ1v) is 8.80. The van der Waals surface area contributed by atoms with E-state index in [1.807, 2.05) is 21.5 Å². The Labute approximate surface area is 143 Å². The number of nitrogens with zero attached hydrogens (tertiary/aromatic N) is 4. The summed E-state index contributed by atoms with van der Waals surface area (Å²) in [6.45, 7) is 4.14. The molecule has 1 amide bonds. The van der Waals surface area contributed by atoms with Crippen molar-refractivity contribution in [3.8, 4) is 11.4 Å². The van der Waals surface area contributed by atoms with Crippen LogP contribution >= 0.6 is 11.3 Å². The van der Waals surface area contributed by atoms with Crippen molar-refractivity contribution < 1.29 is 9.32 Å². The van der Waals surface area contributed by atoms with E-state index in [0.29, 0.717) is 24.0 Å². The largest absolute Gasteiger partial charge is 0.339 e. The van der Waals surface area contributed by atoms with Crippen molar-refractivity contribution in [2.24, 2.45) is 0 Å². The van der Waals surface area contributed by atoms with Gasteiger partial charge in [-0.25, -0.2) is 4.68 Å². The SMILES string of the molecule is CCC(C)n1nccc1NC(=O)CCc1nc(-c2ccsc2)no1. The Bertz CT molecular complexity index is 793. The quantitative estimate of drug-likeness (QED) is 0.708. The van der Waals surface area contributed by atoms with Gasteiger partial charge < -0.3 is 9.84 Å². The number of amides is 1. The van der Waals surface area contributed by atoms with Crippen LogP contribution in [0.25, 0.3) is 11.4 Å². The number of thiophene rings is 1. The molecule has 0 aliphatic carbocycles. The summed E-state index contributed by atoms with van der Waals surface area (Å²) in [5, 5.41) is 15.0. The lowest BCUT2D eigenvalue weighted by molar-refractivity contribution is -0.116. The number of hydrogen-bond acceptors (Lipinski definition) is 6. The molecule has 0 aliphatic rings. The normalized spacial score (nSPS) is 12.2. The molecule has 0 bridgehead atoms. The van der Waals surface area contributed by atoms with Crippen molar-refractivity contribution in [2.45, 2.75) is 39.2 Å². The molecule has 1 atom stereocenters. The van der Waals surface area contributed by atoms with Crippen LogP contribution in [0, 0.1) is 0 Å². The Morgan fingerprint density at radius 2 is 2.33 bits per heavy atom. The molecule has 1 N–H and O–H groups in total. The van der Waals surface area contributed by atoms with E-state index in [1.54, 1.807) is 23.6 Å². The summed E-state index contributed by atoms with van der Waals surface area (Å²) in [6.07, 6.45) is 3.31. The van der Waals surface area contributed by atoms with Gasteiger partial charge in [-0.3, -0.25) is 4.79 Å². The number of nitrogens with one attached hydrogen (secondary N) is 1. The van der Waals surface area contributed by atoms with E-state index in [4.69, 9.17) is 4.52 Å². The lowest BCUT2D eigenvalue weighted by atomic mass is 10.2. The van der Waals surface area contributed by atoms with Gasteiger partial charge in [0, 0.05) is 29.9 Å². The van der Waals surface area contributed by atoms with Crippen LogP contribution in [0.5, 0.6) is 0 Å². The molecule has 0 saturated carbocycles. The summed E-state index contributed by atoms with van der Waals surface area (Å²) in [5.41, 5.74) is 0.928. The highest BCUT2D eigenvalue weighted by molar-refractivity contribution is 7.08. The first kappa shape index (κ1) is 16.4. The van der Waals surface area contributed by atoms with Crippen molar-refractivity contribution >= 4 is 23.1 Å². The molecule has 3 heterocycles. The van der Waals surface area contributed by atoms with Gasteiger partial charge in [0.1, 0.15) is 5.82 Å². The van der Waals surface area contributed by atoms with Gasteiger partial charge in [0.05, 0.1) is 12.2 Å². The predicted octanol–water partition coefficient (Wildman–Crippen LogP) is 3.54. The second-order valence-corrected chi connectivity index (χ2v) is 6.27. The van der Waals surface area contributed by atoms with Gasteiger partial charge in [-0.2, -0.15) is 21.4 Å². The summed E-state index contributed by atoms with van der Waals surface area (Å²) < 4.78 is 7.02. The van der Waals surface area contributed by atoms with E-state index in [0.717, 1.165) is 12.0 Å². The Morgan fingerprint density at radius 3 is 3.08 bits per heavy atom. The number of hydrogen-bond donors (Lipinski definition) is 1. The first-order chi connectivity index (χ1) is 11.7. The molecular weight excluding hydrogens is 326 g/mol. The molecule has 8 heteroatoms. The van der Waals surface area contributed by atoms with E-state index in [1.165, 1.54) is 0 Å². The topological polar surface area (TPSA) is 85.8 Å². The Morgan fingerprint density at radius 1 is 1.46 bits per heavy atom. The molecule has 0 radical (unpaired) electrons. The van der Waals surface area contributed by atoms with Crippen molar-refractivity contribution in [3.05, 3.63) is 35.0 Å². The fraction of sp³-hybridized carbons (Fsp3) is 0.375. The Kier molecular flexibility index (Phi) is 5.05. The molecule has 0 aromatic carbocycles. The zero-order valence-corrected chi connectivity index (χ0v) is 14.4. The molecule has 126 valence electrons. The number of carbonyl (C=O) groups excluding carboxylic acids is 1. The number of rotatable bonds is 7. The van der Waals surface area contributed by atoms with Gasteiger partial charge in [-0.05, 0) is 24.8 Å². The summed E-state index contributed by atoms with van der Waals surface area (Å²) in [5.74, 6) is 1.62. The standard InChI is InChI=1S/C16H19N5O2S/c1-3-11(2)21-13(6-8-17-21)18-14(22)4-5-15-19-16(20-23-15)12-7-9-24-10-12/h6-11H,3-5H2,1-2H3,(H,18,22). The molecule has 0 aliphatic heterocycles. The van der Waals surface area contributed by atoms with Crippen LogP contribution < -0.4 is 5.32 Å². The molecule has 0 fully saturated rings. The molecule has 1 unspecified atom stereocenters. The third kappa shape index (κ3) is 3.70. The average molecular weight is 345 g/mol. The maximum atomic E-state index is 12.1. The second-order valence-electron chi connectivity index (χ2n) is 5.49. The summed E-state index contributed by atoms with van der Waals surface area (Å²) in [4.78, 5) is 16.5. The van der Waals surface area contributed by atoms with E-state index in [2.05, 4.69) is 34.4 Å². The highest BCUT2D eigenvalue weighted by Gasteiger charge is 2.13. The number of carbonyl (C=O) groups is 1. The van der Waals surface area contributed by atoms with Crippen LogP contribution in [0.15, 0.2) is 33.6 Å². The summed E-state index contributed by atoms with van der Waals surface area (Å²) in [7, 11) is 0. The van der Waals surface area contributed by atoms with Crippen LogP contribution in [-0.2, 0) is 11.2 Å². The van der Waals surface area contributed by atoms with Crippen LogP contribution in [0.3, 0.4) is 0 Å². The maximum absolute atomic E-state index is 12.1. The van der Waals surface area contributed by atoms with E-state index in [9.17, 15) is 4.79 Å². The number of aromatic nitrogens is 4. The van der Waals surface area contributed by atoms with Gasteiger partial charge in [-0.1, -0.05) is 12.1 Å². The first-order valence-electron chi connectivity index (χ1n) is 7.86. The van der Waals surface area contributed by atoms with Crippen LogP contribution in [0.1, 0.15) is 38.6 Å². The van der Waals surface area contributed by atoms with Crippen molar-refractivity contribution in [2.75, 3.05) is 5.32 Å². The number of anilines is 1. The molecule has 7 nitrogen and oxygen atoms in total. The van der Waals surface area contributed by atoms with Gasteiger partial charge >= 0.3 is 0 Å². The van der Waals surface area contributed by atoms with Gasteiger partial charge in [-0.15, -0.1) is 0 Å². The minimum absolute atomic E-state index is 0.102.